The van der Waals surface area contributed by atoms with Crippen LogP contribution in [0.2, 0.25) is 0 Å². The van der Waals surface area contributed by atoms with Crippen molar-refractivity contribution < 1.29 is 18.3 Å². The van der Waals surface area contributed by atoms with Gasteiger partial charge in [0.15, 0.2) is 12.6 Å². The SMILES string of the molecule is COCC(C)NC(N)=NCc1cccnc1OCC(F)F. The highest BCUT2D eigenvalue weighted by atomic mass is 19.3. The van der Waals surface area contributed by atoms with E-state index in [1.54, 1.807) is 19.2 Å². The number of halogens is 2. The Morgan fingerprint density at radius 2 is 2.24 bits per heavy atom. The smallest absolute Gasteiger partial charge is 0.272 e. The van der Waals surface area contributed by atoms with E-state index in [9.17, 15) is 8.78 Å². The number of rotatable bonds is 8. The molecule has 0 amide bonds. The first-order valence-electron chi connectivity index (χ1n) is 6.43. The van der Waals surface area contributed by atoms with Gasteiger partial charge in [0.05, 0.1) is 13.2 Å². The molecule has 6 nitrogen and oxygen atoms in total. The summed E-state index contributed by atoms with van der Waals surface area (Å²) in [6.45, 7) is 1.87. The molecule has 0 aromatic carbocycles. The van der Waals surface area contributed by atoms with Crippen LogP contribution in [0.15, 0.2) is 23.3 Å². The maximum absolute atomic E-state index is 12.2. The molecule has 0 aliphatic carbocycles. The van der Waals surface area contributed by atoms with Crippen molar-refractivity contribution in [3.63, 3.8) is 0 Å². The quantitative estimate of drug-likeness (QED) is 0.556. The summed E-state index contributed by atoms with van der Waals surface area (Å²) in [5.74, 6) is 0.377. The molecule has 1 rings (SSSR count). The van der Waals surface area contributed by atoms with E-state index in [1.165, 1.54) is 6.20 Å². The van der Waals surface area contributed by atoms with Crippen molar-refractivity contribution in [1.82, 2.24) is 10.3 Å². The van der Waals surface area contributed by atoms with Gasteiger partial charge in [-0.05, 0) is 13.0 Å². The van der Waals surface area contributed by atoms with E-state index in [2.05, 4.69) is 15.3 Å². The number of hydrogen-bond donors (Lipinski definition) is 2. The molecule has 0 aliphatic rings. The van der Waals surface area contributed by atoms with Crippen LogP contribution in [0, 0.1) is 0 Å². The Morgan fingerprint density at radius 3 is 2.90 bits per heavy atom. The molecule has 1 atom stereocenters. The molecular formula is C13H20F2N4O2. The van der Waals surface area contributed by atoms with E-state index >= 15 is 0 Å². The summed E-state index contributed by atoms with van der Waals surface area (Å²) < 4.78 is 34.2. The van der Waals surface area contributed by atoms with Crippen LogP contribution in [0.25, 0.3) is 0 Å². The minimum Gasteiger partial charge on any atom is -0.471 e. The minimum atomic E-state index is -2.55. The number of aliphatic imine (C=N–C) groups is 1. The number of methoxy groups -OCH3 is 1. The Morgan fingerprint density at radius 1 is 1.48 bits per heavy atom. The lowest BCUT2D eigenvalue weighted by Crippen LogP contribution is -2.40. The standard InChI is InChI=1S/C13H20F2N4O2/c1-9(7-20-2)19-13(16)18-6-10-4-3-5-17-12(10)21-8-11(14)15/h3-5,9,11H,6-8H2,1-2H3,(H3,16,18,19). The fourth-order valence-electron chi connectivity index (χ4n) is 1.58. The van der Waals surface area contributed by atoms with Crippen LogP contribution in [0.3, 0.4) is 0 Å². The average molecular weight is 302 g/mol. The van der Waals surface area contributed by atoms with E-state index in [0.29, 0.717) is 12.2 Å². The van der Waals surface area contributed by atoms with E-state index in [0.717, 1.165) is 0 Å². The second kappa shape index (κ2) is 9.06. The van der Waals surface area contributed by atoms with Crippen LogP contribution < -0.4 is 15.8 Å². The molecule has 1 aromatic heterocycles. The molecule has 0 spiro atoms. The normalized spacial score (nSPS) is 13.3. The maximum atomic E-state index is 12.2. The summed E-state index contributed by atoms with van der Waals surface area (Å²) in [5.41, 5.74) is 6.31. The number of nitrogens with zero attached hydrogens (tertiary/aromatic N) is 2. The first-order chi connectivity index (χ1) is 10.0. The van der Waals surface area contributed by atoms with Gasteiger partial charge in [-0.1, -0.05) is 6.07 Å². The van der Waals surface area contributed by atoms with Crippen LogP contribution in [0.5, 0.6) is 5.88 Å². The van der Waals surface area contributed by atoms with Gasteiger partial charge in [-0.15, -0.1) is 0 Å². The zero-order valence-electron chi connectivity index (χ0n) is 12.1. The predicted molar refractivity (Wildman–Crippen MR) is 75.5 cm³/mol. The number of pyridine rings is 1. The molecule has 0 fully saturated rings. The minimum absolute atomic E-state index is 0.0159. The Labute approximate surface area is 122 Å². The van der Waals surface area contributed by atoms with E-state index < -0.39 is 13.0 Å². The average Bonchev–Trinajstić information content (AvgIpc) is 2.43. The third-order valence-corrected chi connectivity index (χ3v) is 2.43. The molecule has 0 saturated carbocycles. The third kappa shape index (κ3) is 6.84. The van der Waals surface area contributed by atoms with Crippen LogP contribution in [0.1, 0.15) is 12.5 Å². The van der Waals surface area contributed by atoms with Crippen molar-refractivity contribution >= 4 is 5.96 Å². The van der Waals surface area contributed by atoms with Crippen molar-refractivity contribution in [2.24, 2.45) is 10.7 Å². The van der Waals surface area contributed by atoms with Crippen molar-refractivity contribution in [1.29, 1.82) is 0 Å². The van der Waals surface area contributed by atoms with Gasteiger partial charge in [-0.3, -0.25) is 0 Å². The van der Waals surface area contributed by atoms with Crippen molar-refractivity contribution in [2.45, 2.75) is 25.9 Å². The van der Waals surface area contributed by atoms with Gasteiger partial charge < -0.3 is 20.5 Å². The fourth-order valence-corrected chi connectivity index (χ4v) is 1.58. The number of hydrogen-bond acceptors (Lipinski definition) is 4. The largest absolute Gasteiger partial charge is 0.471 e. The molecule has 0 radical (unpaired) electrons. The Hall–Kier alpha value is -1.96. The van der Waals surface area contributed by atoms with Gasteiger partial charge in [-0.25, -0.2) is 18.8 Å². The number of nitrogens with one attached hydrogen (secondary N) is 1. The second-order valence-corrected chi connectivity index (χ2v) is 4.37. The highest BCUT2D eigenvalue weighted by Gasteiger charge is 2.09. The number of nitrogens with two attached hydrogens (primary N) is 1. The predicted octanol–water partition coefficient (Wildman–Crippen LogP) is 1.16. The molecule has 0 aliphatic heterocycles. The molecule has 1 aromatic rings. The van der Waals surface area contributed by atoms with Gasteiger partial charge in [0.25, 0.3) is 6.43 Å². The molecule has 21 heavy (non-hydrogen) atoms. The van der Waals surface area contributed by atoms with Gasteiger partial charge >= 0.3 is 0 Å². The lowest BCUT2D eigenvalue weighted by Gasteiger charge is -2.13. The molecule has 3 N–H and O–H groups in total. The van der Waals surface area contributed by atoms with Crippen LogP contribution in [0.4, 0.5) is 8.78 Å². The van der Waals surface area contributed by atoms with E-state index in [1.807, 2.05) is 6.92 Å². The first kappa shape index (κ1) is 17.1. The van der Waals surface area contributed by atoms with Crippen LogP contribution >= 0.6 is 0 Å². The van der Waals surface area contributed by atoms with E-state index in [-0.39, 0.29) is 24.4 Å². The third-order valence-electron chi connectivity index (χ3n) is 2.43. The van der Waals surface area contributed by atoms with Gasteiger partial charge in [0.2, 0.25) is 5.88 Å². The van der Waals surface area contributed by atoms with Crippen molar-refractivity contribution in [3.05, 3.63) is 23.9 Å². The molecule has 8 heteroatoms. The Balaban J connectivity index is 2.61. The monoisotopic (exact) mass is 302 g/mol. The van der Waals surface area contributed by atoms with Crippen LogP contribution in [-0.4, -0.2) is 43.7 Å². The van der Waals surface area contributed by atoms with Gasteiger partial charge in [-0.2, -0.15) is 0 Å². The summed E-state index contributed by atoms with van der Waals surface area (Å²) in [7, 11) is 1.59. The van der Waals surface area contributed by atoms with Gasteiger partial charge in [0.1, 0.15) is 0 Å². The number of alkyl halides is 2. The molecule has 0 bridgehead atoms. The summed E-state index contributed by atoms with van der Waals surface area (Å²) in [6.07, 6.45) is -1.08. The van der Waals surface area contributed by atoms with Crippen LogP contribution in [-0.2, 0) is 11.3 Å². The Kier molecular flexibility index (Phi) is 7.38. The maximum Gasteiger partial charge on any atom is 0.272 e. The molecule has 0 saturated heterocycles. The number of ether oxygens (including phenoxy) is 2. The van der Waals surface area contributed by atoms with Gasteiger partial charge in [0, 0.05) is 24.9 Å². The highest BCUT2D eigenvalue weighted by molar-refractivity contribution is 5.78. The second-order valence-electron chi connectivity index (χ2n) is 4.37. The topological polar surface area (TPSA) is 81.8 Å². The highest BCUT2D eigenvalue weighted by Crippen LogP contribution is 2.16. The van der Waals surface area contributed by atoms with E-state index in [4.69, 9.17) is 15.2 Å². The fraction of sp³-hybridized carbons (Fsp3) is 0.538. The Bertz CT molecular complexity index is 458. The summed E-state index contributed by atoms with van der Waals surface area (Å²) in [5, 5.41) is 2.94. The number of aromatic nitrogens is 1. The first-order valence-corrected chi connectivity index (χ1v) is 6.43. The van der Waals surface area contributed by atoms with Crippen molar-refractivity contribution in [2.75, 3.05) is 20.3 Å². The summed E-state index contributed by atoms with van der Waals surface area (Å²) in [6, 6.07) is 3.39. The molecule has 1 heterocycles. The molecular weight excluding hydrogens is 282 g/mol. The lowest BCUT2D eigenvalue weighted by molar-refractivity contribution is 0.0791. The summed E-state index contributed by atoms with van der Waals surface area (Å²) in [4.78, 5) is 8.04. The molecule has 118 valence electrons. The number of guanidine groups is 1. The molecule has 1 unspecified atom stereocenters. The lowest BCUT2D eigenvalue weighted by atomic mass is 10.3. The summed E-state index contributed by atoms with van der Waals surface area (Å²) >= 11 is 0. The van der Waals surface area contributed by atoms with Crippen molar-refractivity contribution in [3.8, 4) is 5.88 Å². The zero-order valence-corrected chi connectivity index (χ0v) is 12.1. The zero-order chi connectivity index (χ0) is 15.7.